The van der Waals surface area contributed by atoms with Gasteiger partial charge in [-0.15, -0.1) is 0 Å². The van der Waals surface area contributed by atoms with Gasteiger partial charge >= 0.3 is 12.1 Å². The Hall–Kier alpha value is -1.60. The molecular formula is C9H9F3N2O3. The summed E-state index contributed by atoms with van der Waals surface area (Å²) in [5, 5.41) is 2.82. The van der Waals surface area contributed by atoms with Crippen molar-refractivity contribution in [3.8, 4) is 0 Å². The van der Waals surface area contributed by atoms with Gasteiger partial charge in [0.1, 0.15) is 5.41 Å². The van der Waals surface area contributed by atoms with Crippen molar-refractivity contribution in [2.75, 3.05) is 6.61 Å². The quantitative estimate of drug-likeness (QED) is 0.763. The van der Waals surface area contributed by atoms with Crippen LogP contribution < -0.4 is 0 Å². The molecule has 0 aromatic carbocycles. The molecule has 0 aliphatic heterocycles. The molecule has 0 atom stereocenters. The Labute approximate surface area is 93.9 Å². The molecule has 17 heavy (non-hydrogen) atoms. The zero-order chi connectivity index (χ0) is 12.7. The van der Waals surface area contributed by atoms with Gasteiger partial charge in [-0.3, -0.25) is 4.79 Å². The summed E-state index contributed by atoms with van der Waals surface area (Å²) in [4.78, 5) is 14.8. The van der Waals surface area contributed by atoms with E-state index in [9.17, 15) is 18.0 Å². The summed E-state index contributed by atoms with van der Waals surface area (Å²) < 4.78 is 46.0. The molecule has 0 N–H and O–H groups in total. The molecule has 5 nitrogen and oxygen atoms in total. The Morgan fingerprint density at radius 1 is 1.53 bits per heavy atom. The van der Waals surface area contributed by atoms with Crippen molar-refractivity contribution in [1.82, 2.24) is 10.1 Å². The fourth-order valence-corrected chi connectivity index (χ4v) is 1.43. The van der Waals surface area contributed by atoms with Crippen LogP contribution in [0, 0.1) is 0 Å². The average Bonchev–Trinajstić information content (AvgIpc) is 2.88. The van der Waals surface area contributed by atoms with Crippen LogP contribution in [0.1, 0.15) is 31.5 Å². The second kappa shape index (κ2) is 3.71. The van der Waals surface area contributed by atoms with Gasteiger partial charge in [0.2, 0.25) is 5.89 Å². The number of nitrogens with zero attached hydrogens (tertiary/aromatic N) is 2. The van der Waals surface area contributed by atoms with Crippen LogP contribution in [0.25, 0.3) is 0 Å². The van der Waals surface area contributed by atoms with E-state index in [0.29, 0.717) is 12.8 Å². The monoisotopic (exact) mass is 250 g/mol. The van der Waals surface area contributed by atoms with Crippen molar-refractivity contribution in [3.05, 3.63) is 11.7 Å². The number of hydrogen-bond donors (Lipinski definition) is 0. The normalized spacial score (nSPS) is 17.9. The average molecular weight is 250 g/mol. The van der Waals surface area contributed by atoms with Crippen LogP contribution in [0.15, 0.2) is 4.52 Å². The fraction of sp³-hybridized carbons (Fsp3) is 0.667. The van der Waals surface area contributed by atoms with Crippen molar-refractivity contribution in [2.45, 2.75) is 31.4 Å². The van der Waals surface area contributed by atoms with Gasteiger partial charge in [0, 0.05) is 0 Å². The second-order valence-corrected chi connectivity index (χ2v) is 3.72. The zero-order valence-electron chi connectivity index (χ0n) is 8.87. The molecule has 1 aliphatic rings. The minimum Gasteiger partial charge on any atom is -0.465 e. The van der Waals surface area contributed by atoms with Crippen LogP contribution in [0.3, 0.4) is 0 Å². The van der Waals surface area contributed by atoms with Gasteiger partial charge in [0.15, 0.2) is 0 Å². The zero-order valence-corrected chi connectivity index (χ0v) is 8.87. The summed E-state index contributed by atoms with van der Waals surface area (Å²) in [6.07, 6.45) is -3.94. The summed E-state index contributed by atoms with van der Waals surface area (Å²) in [6.45, 7) is 1.77. The standard InChI is InChI=1S/C9H9F3N2O3/c1-2-16-7(15)8(3-4-8)6-13-5(14-17-6)9(10,11)12/h2-4H2,1H3. The third kappa shape index (κ3) is 1.98. The molecule has 1 aliphatic carbocycles. The van der Waals surface area contributed by atoms with E-state index >= 15 is 0 Å². The van der Waals surface area contributed by atoms with E-state index < -0.39 is 23.4 Å². The SMILES string of the molecule is CCOC(=O)C1(c2nc(C(F)(F)F)no2)CC1. The van der Waals surface area contributed by atoms with Crippen LogP contribution in [0.5, 0.6) is 0 Å². The summed E-state index contributed by atoms with van der Waals surface area (Å²) in [5.41, 5.74) is -1.16. The number of halogens is 3. The largest absolute Gasteiger partial charge is 0.465 e. The Morgan fingerprint density at radius 3 is 2.59 bits per heavy atom. The lowest BCUT2D eigenvalue weighted by Crippen LogP contribution is -2.23. The van der Waals surface area contributed by atoms with E-state index in [-0.39, 0.29) is 12.5 Å². The molecule has 0 bridgehead atoms. The topological polar surface area (TPSA) is 65.2 Å². The van der Waals surface area contributed by atoms with Gasteiger partial charge in [0.25, 0.3) is 5.82 Å². The molecule has 8 heteroatoms. The number of aromatic nitrogens is 2. The van der Waals surface area contributed by atoms with Crippen molar-refractivity contribution >= 4 is 5.97 Å². The molecule has 1 fully saturated rings. The molecule has 0 radical (unpaired) electrons. The predicted molar refractivity (Wildman–Crippen MR) is 46.8 cm³/mol. The van der Waals surface area contributed by atoms with Crippen molar-refractivity contribution < 1.29 is 27.2 Å². The highest BCUT2D eigenvalue weighted by molar-refractivity contribution is 5.85. The maximum absolute atomic E-state index is 12.3. The molecule has 0 saturated heterocycles. The molecule has 1 aromatic rings. The number of hydrogen-bond acceptors (Lipinski definition) is 5. The molecule has 1 saturated carbocycles. The second-order valence-electron chi connectivity index (χ2n) is 3.72. The molecule has 1 heterocycles. The smallest absolute Gasteiger partial charge is 0.455 e. The number of ether oxygens (including phenoxy) is 1. The number of alkyl halides is 3. The van der Waals surface area contributed by atoms with Gasteiger partial charge < -0.3 is 9.26 Å². The van der Waals surface area contributed by atoms with E-state index in [1.54, 1.807) is 6.92 Å². The van der Waals surface area contributed by atoms with E-state index in [4.69, 9.17) is 4.74 Å². The maximum atomic E-state index is 12.3. The molecule has 2 rings (SSSR count). The summed E-state index contributed by atoms with van der Waals surface area (Å²) in [5.74, 6) is -2.30. The minimum absolute atomic E-state index is 0.154. The highest BCUT2D eigenvalue weighted by Gasteiger charge is 2.58. The van der Waals surface area contributed by atoms with Crippen LogP contribution >= 0.6 is 0 Å². The highest BCUT2D eigenvalue weighted by Crippen LogP contribution is 2.48. The molecular weight excluding hydrogens is 241 g/mol. The lowest BCUT2D eigenvalue weighted by atomic mass is 10.1. The first kappa shape index (κ1) is 11.9. The molecule has 94 valence electrons. The van der Waals surface area contributed by atoms with E-state index in [0.717, 1.165) is 0 Å². The van der Waals surface area contributed by atoms with Crippen molar-refractivity contribution in [1.29, 1.82) is 0 Å². The van der Waals surface area contributed by atoms with Gasteiger partial charge in [-0.2, -0.15) is 18.2 Å². The van der Waals surface area contributed by atoms with Gasteiger partial charge in [-0.1, -0.05) is 5.16 Å². The van der Waals surface area contributed by atoms with Crippen LogP contribution in [0.2, 0.25) is 0 Å². The Balaban J connectivity index is 2.23. The van der Waals surface area contributed by atoms with E-state index in [2.05, 4.69) is 14.7 Å². The highest BCUT2D eigenvalue weighted by atomic mass is 19.4. The fourth-order valence-electron chi connectivity index (χ4n) is 1.43. The maximum Gasteiger partial charge on any atom is 0.455 e. The Bertz CT molecular complexity index is 437. The number of carbonyl (C=O) groups is 1. The molecule has 0 amide bonds. The van der Waals surface area contributed by atoms with Crippen LogP contribution in [-0.2, 0) is 21.1 Å². The minimum atomic E-state index is -4.67. The first-order chi connectivity index (χ1) is 7.90. The van der Waals surface area contributed by atoms with Gasteiger partial charge in [-0.05, 0) is 19.8 Å². The number of esters is 1. The molecule has 1 aromatic heterocycles. The van der Waals surface area contributed by atoms with Crippen molar-refractivity contribution in [2.24, 2.45) is 0 Å². The van der Waals surface area contributed by atoms with Crippen LogP contribution in [-0.4, -0.2) is 22.7 Å². The summed E-state index contributed by atoms with van der Waals surface area (Å²) >= 11 is 0. The number of carbonyl (C=O) groups excluding carboxylic acids is 1. The molecule has 0 spiro atoms. The van der Waals surface area contributed by atoms with Crippen molar-refractivity contribution in [3.63, 3.8) is 0 Å². The third-order valence-corrected chi connectivity index (χ3v) is 2.51. The first-order valence-corrected chi connectivity index (χ1v) is 4.99. The Morgan fingerprint density at radius 2 is 2.18 bits per heavy atom. The van der Waals surface area contributed by atoms with Crippen LogP contribution in [0.4, 0.5) is 13.2 Å². The summed E-state index contributed by atoms with van der Waals surface area (Å²) in [6, 6.07) is 0. The lowest BCUT2D eigenvalue weighted by Gasteiger charge is -2.08. The molecule has 0 unspecified atom stereocenters. The first-order valence-electron chi connectivity index (χ1n) is 4.99. The third-order valence-electron chi connectivity index (χ3n) is 2.51. The predicted octanol–water partition coefficient (Wildman–Crippen LogP) is 1.68. The number of rotatable bonds is 3. The van der Waals surface area contributed by atoms with E-state index in [1.165, 1.54) is 0 Å². The Kier molecular flexibility index (Phi) is 2.59. The van der Waals surface area contributed by atoms with Gasteiger partial charge in [-0.25, -0.2) is 0 Å². The van der Waals surface area contributed by atoms with E-state index in [1.807, 2.05) is 0 Å². The van der Waals surface area contributed by atoms with Gasteiger partial charge in [0.05, 0.1) is 6.61 Å². The summed E-state index contributed by atoms with van der Waals surface area (Å²) in [7, 11) is 0. The lowest BCUT2D eigenvalue weighted by molar-refractivity contribution is -0.147.